The minimum atomic E-state index is -0.110. The van der Waals surface area contributed by atoms with Crippen LogP contribution in [-0.2, 0) is 6.54 Å². The molecule has 0 saturated carbocycles. The van der Waals surface area contributed by atoms with E-state index in [1.807, 2.05) is 13.0 Å². The lowest BCUT2D eigenvalue weighted by Crippen LogP contribution is -2.26. The van der Waals surface area contributed by atoms with E-state index in [0.29, 0.717) is 6.54 Å². The number of rotatable bonds is 2. The monoisotopic (exact) mass is 244 g/mol. The zero-order valence-corrected chi connectivity index (χ0v) is 10.3. The number of nitrogens with two attached hydrogens (primary N) is 1. The third kappa shape index (κ3) is 3.17. The lowest BCUT2D eigenvalue weighted by Gasteiger charge is -2.15. The molecule has 0 radical (unpaired) electrons. The van der Waals surface area contributed by atoms with Gasteiger partial charge in [-0.15, -0.1) is 12.4 Å². The van der Waals surface area contributed by atoms with Crippen LogP contribution in [0.25, 0.3) is 0 Å². The molecule has 0 aliphatic carbocycles. The summed E-state index contributed by atoms with van der Waals surface area (Å²) in [5.74, 6) is -0.110. The van der Waals surface area contributed by atoms with Gasteiger partial charge in [0, 0.05) is 31.2 Å². The molecule has 2 nitrogen and oxygen atoms in total. The molecule has 0 spiro atoms. The molecule has 4 heteroatoms. The average Bonchev–Trinajstić information content (AvgIpc) is 2.58. The van der Waals surface area contributed by atoms with Gasteiger partial charge in [0.25, 0.3) is 0 Å². The molecule has 2 N–H and O–H groups in total. The Morgan fingerprint density at radius 3 is 2.88 bits per heavy atom. The molecule has 1 saturated heterocycles. The Morgan fingerprint density at radius 1 is 1.50 bits per heavy atom. The van der Waals surface area contributed by atoms with E-state index in [1.165, 1.54) is 0 Å². The number of benzene rings is 1. The number of likely N-dealkylation sites (tertiary alicyclic amines) is 1. The molecule has 16 heavy (non-hydrogen) atoms. The van der Waals surface area contributed by atoms with E-state index in [-0.39, 0.29) is 24.3 Å². The van der Waals surface area contributed by atoms with E-state index in [4.69, 9.17) is 5.73 Å². The second-order valence-corrected chi connectivity index (χ2v) is 4.38. The standard InChI is InChI=1S/C12H17FN2.ClH/c1-9-2-3-12(13)10(6-9)7-15-5-4-11(14)8-15;/h2-3,6,11H,4-5,7-8,14H2,1H3;1H. The fourth-order valence-electron chi connectivity index (χ4n) is 2.07. The normalized spacial score (nSPS) is 20.8. The van der Waals surface area contributed by atoms with Crippen molar-refractivity contribution in [2.45, 2.75) is 25.9 Å². The molecule has 1 aliphatic heterocycles. The zero-order valence-electron chi connectivity index (χ0n) is 9.45. The highest BCUT2D eigenvalue weighted by molar-refractivity contribution is 5.85. The fourth-order valence-corrected chi connectivity index (χ4v) is 2.07. The van der Waals surface area contributed by atoms with E-state index >= 15 is 0 Å². The van der Waals surface area contributed by atoms with E-state index < -0.39 is 0 Å². The molecule has 2 rings (SSSR count). The highest BCUT2D eigenvalue weighted by atomic mass is 35.5. The molecule has 1 unspecified atom stereocenters. The predicted molar refractivity (Wildman–Crippen MR) is 66.3 cm³/mol. The molecular formula is C12H18ClFN2. The van der Waals surface area contributed by atoms with Crippen LogP contribution in [0.2, 0.25) is 0 Å². The summed E-state index contributed by atoms with van der Waals surface area (Å²) >= 11 is 0. The first-order chi connectivity index (χ1) is 7.15. The number of hydrogen-bond donors (Lipinski definition) is 1. The zero-order chi connectivity index (χ0) is 10.8. The summed E-state index contributed by atoms with van der Waals surface area (Å²) in [6.45, 7) is 4.53. The third-order valence-corrected chi connectivity index (χ3v) is 2.90. The summed E-state index contributed by atoms with van der Waals surface area (Å²) < 4.78 is 13.5. The molecule has 1 fully saturated rings. The van der Waals surface area contributed by atoms with Crippen molar-refractivity contribution in [3.8, 4) is 0 Å². The van der Waals surface area contributed by atoms with Gasteiger partial charge in [-0.3, -0.25) is 4.90 Å². The van der Waals surface area contributed by atoms with Crippen molar-refractivity contribution < 1.29 is 4.39 Å². The Balaban J connectivity index is 0.00000128. The number of hydrogen-bond acceptors (Lipinski definition) is 2. The number of aryl methyl sites for hydroxylation is 1. The molecule has 0 bridgehead atoms. The SMILES string of the molecule is Cc1ccc(F)c(CN2CCC(N)C2)c1.Cl. The van der Waals surface area contributed by atoms with Gasteiger partial charge in [0.15, 0.2) is 0 Å². The van der Waals surface area contributed by atoms with Gasteiger partial charge >= 0.3 is 0 Å². The molecule has 0 amide bonds. The van der Waals surface area contributed by atoms with Gasteiger partial charge in [-0.2, -0.15) is 0 Å². The molecule has 1 heterocycles. The summed E-state index contributed by atoms with van der Waals surface area (Å²) in [5.41, 5.74) is 7.70. The van der Waals surface area contributed by atoms with Crippen LogP contribution >= 0.6 is 12.4 Å². The van der Waals surface area contributed by atoms with Gasteiger partial charge < -0.3 is 5.73 Å². The average molecular weight is 245 g/mol. The first-order valence-electron chi connectivity index (χ1n) is 5.38. The molecule has 0 aromatic heterocycles. The van der Waals surface area contributed by atoms with Crippen molar-refractivity contribution in [1.29, 1.82) is 0 Å². The molecular weight excluding hydrogens is 227 g/mol. The van der Waals surface area contributed by atoms with Crippen LogP contribution in [0.5, 0.6) is 0 Å². The second kappa shape index (κ2) is 5.62. The topological polar surface area (TPSA) is 29.3 Å². The minimum Gasteiger partial charge on any atom is -0.326 e. The first-order valence-corrected chi connectivity index (χ1v) is 5.38. The first kappa shape index (κ1) is 13.4. The van der Waals surface area contributed by atoms with Crippen molar-refractivity contribution >= 4 is 12.4 Å². The summed E-state index contributed by atoms with van der Waals surface area (Å²) in [6, 6.07) is 5.52. The van der Waals surface area contributed by atoms with Crippen molar-refractivity contribution in [3.05, 3.63) is 35.1 Å². The molecule has 90 valence electrons. The Morgan fingerprint density at radius 2 is 2.25 bits per heavy atom. The van der Waals surface area contributed by atoms with Crippen LogP contribution in [0.15, 0.2) is 18.2 Å². The summed E-state index contributed by atoms with van der Waals surface area (Å²) in [5, 5.41) is 0. The summed E-state index contributed by atoms with van der Waals surface area (Å²) in [4.78, 5) is 2.21. The molecule has 1 aromatic rings. The summed E-state index contributed by atoms with van der Waals surface area (Å²) in [7, 11) is 0. The van der Waals surface area contributed by atoms with Gasteiger partial charge in [-0.1, -0.05) is 17.7 Å². The fraction of sp³-hybridized carbons (Fsp3) is 0.500. The van der Waals surface area contributed by atoms with Crippen LogP contribution in [0.3, 0.4) is 0 Å². The maximum atomic E-state index is 13.5. The van der Waals surface area contributed by atoms with Crippen LogP contribution < -0.4 is 5.73 Å². The second-order valence-electron chi connectivity index (χ2n) is 4.38. The third-order valence-electron chi connectivity index (χ3n) is 2.90. The number of nitrogens with zero attached hydrogens (tertiary/aromatic N) is 1. The minimum absolute atomic E-state index is 0. The van der Waals surface area contributed by atoms with Gasteiger partial charge in [0.05, 0.1) is 0 Å². The maximum absolute atomic E-state index is 13.5. The van der Waals surface area contributed by atoms with Crippen molar-refractivity contribution in [3.63, 3.8) is 0 Å². The van der Waals surface area contributed by atoms with E-state index in [9.17, 15) is 4.39 Å². The predicted octanol–water partition coefficient (Wildman–Crippen LogP) is 2.09. The number of halogens is 2. The molecule has 1 aromatic carbocycles. The molecule has 1 aliphatic rings. The van der Waals surface area contributed by atoms with Crippen LogP contribution in [0, 0.1) is 12.7 Å². The van der Waals surface area contributed by atoms with E-state index in [0.717, 1.165) is 30.6 Å². The quantitative estimate of drug-likeness (QED) is 0.863. The van der Waals surface area contributed by atoms with Crippen LogP contribution in [-0.4, -0.2) is 24.0 Å². The van der Waals surface area contributed by atoms with Crippen molar-refractivity contribution in [2.24, 2.45) is 5.73 Å². The smallest absolute Gasteiger partial charge is 0.127 e. The van der Waals surface area contributed by atoms with Gasteiger partial charge in [0.1, 0.15) is 5.82 Å². The Labute approximate surface area is 102 Å². The van der Waals surface area contributed by atoms with E-state index in [2.05, 4.69) is 4.90 Å². The van der Waals surface area contributed by atoms with Gasteiger partial charge in [-0.25, -0.2) is 4.39 Å². The van der Waals surface area contributed by atoms with Gasteiger partial charge in [-0.05, 0) is 19.4 Å². The van der Waals surface area contributed by atoms with Crippen molar-refractivity contribution in [1.82, 2.24) is 4.90 Å². The Bertz CT molecular complexity index is 357. The lowest BCUT2D eigenvalue weighted by molar-refractivity contribution is 0.321. The highest BCUT2D eigenvalue weighted by Crippen LogP contribution is 2.16. The lowest BCUT2D eigenvalue weighted by atomic mass is 10.1. The van der Waals surface area contributed by atoms with Gasteiger partial charge in [0.2, 0.25) is 0 Å². The maximum Gasteiger partial charge on any atom is 0.127 e. The summed E-state index contributed by atoms with van der Waals surface area (Å²) in [6.07, 6.45) is 1.02. The Hall–Kier alpha value is -0.640. The molecule has 1 atom stereocenters. The van der Waals surface area contributed by atoms with Crippen molar-refractivity contribution in [2.75, 3.05) is 13.1 Å². The largest absolute Gasteiger partial charge is 0.326 e. The van der Waals surface area contributed by atoms with Crippen LogP contribution in [0.4, 0.5) is 4.39 Å². The van der Waals surface area contributed by atoms with E-state index in [1.54, 1.807) is 12.1 Å². The Kier molecular flexibility index (Phi) is 4.71. The van der Waals surface area contributed by atoms with Crippen LogP contribution in [0.1, 0.15) is 17.5 Å². The highest BCUT2D eigenvalue weighted by Gasteiger charge is 2.19.